The molecule has 0 atom stereocenters. The fourth-order valence-corrected chi connectivity index (χ4v) is 4.78. The van der Waals surface area contributed by atoms with Crippen molar-refractivity contribution in [1.29, 1.82) is 0 Å². The van der Waals surface area contributed by atoms with Gasteiger partial charge in [0.1, 0.15) is 0 Å². The Bertz CT molecular complexity index is 863. The van der Waals surface area contributed by atoms with Gasteiger partial charge in [0.2, 0.25) is 15.9 Å². The molecule has 0 unspecified atom stereocenters. The number of sulfonamides is 1. The number of hydrogen-bond acceptors (Lipinski definition) is 4. The van der Waals surface area contributed by atoms with Crippen LogP contribution in [0.5, 0.6) is 0 Å². The van der Waals surface area contributed by atoms with Crippen molar-refractivity contribution >= 4 is 27.7 Å². The Morgan fingerprint density at radius 3 is 2.30 bits per heavy atom. The minimum absolute atomic E-state index is 0.0314. The van der Waals surface area contributed by atoms with E-state index in [0.29, 0.717) is 17.9 Å². The summed E-state index contributed by atoms with van der Waals surface area (Å²) in [5, 5.41) is 2.89. The highest BCUT2D eigenvalue weighted by Gasteiger charge is 2.12. The second kappa shape index (κ2) is 9.92. The average Bonchev–Trinajstić information content (AvgIpc) is 2.59. The van der Waals surface area contributed by atoms with Crippen molar-refractivity contribution in [3.63, 3.8) is 0 Å². The zero-order valence-electron chi connectivity index (χ0n) is 15.9. The first-order valence-electron chi connectivity index (χ1n) is 8.78. The lowest BCUT2D eigenvalue weighted by molar-refractivity contribution is -0.118. The third-order valence-electron chi connectivity index (χ3n) is 3.74. The molecule has 0 bridgehead atoms. The zero-order valence-corrected chi connectivity index (χ0v) is 17.5. The first kappa shape index (κ1) is 21.5. The Labute approximate surface area is 166 Å². The number of amides is 1. The standard InChI is InChI=1S/C20H26N2O3S2/c1-15(2)22-27(24,25)14-18-10-8-17(9-11-18)12-21-20(23)13-26-19-7-5-4-6-16(19)3/h4-11,15,22H,12-14H2,1-3H3,(H,21,23). The molecule has 1 amide bonds. The number of benzene rings is 2. The smallest absolute Gasteiger partial charge is 0.230 e. The summed E-state index contributed by atoms with van der Waals surface area (Å²) in [6.07, 6.45) is 0. The largest absolute Gasteiger partial charge is 0.351 e. The zero-order chi connectivity index (χ0) is 19.9. The molecule has 2 aromatic rings. The molecule has 2 rings (SSSR count). The van der Waals surface area contributed by atoms with E-state index in [2.05, 4.69) is 10.0 Å². The molecule has 0 radical (unpaired) electrons. The summed E-state index contributed by atoms with van der Waals surface area (Å²) in [5.74, 6) is 0.281. The average molecular weight is 407 g/mol. The minimum atomic E-state index is -3.33. The van der Waals surface area contributed by atoms with Crippen LogP contribution >= 0.6 is 11.8 Å². The first-order chi connectivity index (χ1) is 12.7. The molecule has 0 aromatic heterocycles. The maximum absolute atomic E-state index is 12.0. The van der Waals surface area contributed by atoms with Gasteiger partial charge in [0, 0.05) is 17.5 Å². The van der Waals surface area contributed by atoms with E-state index in [4.69, 9.17) is 0 Å². The van der Waals surface area contributed by atoms with Crippen LogP contribution in [-0.2, 0) is 27.1 Å². The predicted molar refractivity (Wildman–Crippen MR) is 111 cm³/mol. The number of hydrogen-bond donors (Lipinski definition) is 2. The second-order valence-corrected chi connectivity index (χ2v) is 9.45. The van der Waals surface area contributed by atoms with Crippen molar-refractivity contribution in [2.24, 2.45) is 0 Å². The van der Waals surface area contributed by atoms with Gasteiger partial charge >= 0.3 is 0 Å². The molecule has 27 heavy (non-hydrogen) atoms. The van der Waals surface area contributed by atoms with Crippen LogP contribution in [-0.4, -0.2) is 26.1 Å². The van der Waals surface area contributed by atoms with Crippen molar-refractivity contribution in [2.45, 2.75) is 44.0 Å². The maximum atomic E-state index is 12.0. The molecule has 0 aliphatic carbocycles. The van der Waals surface area contributed by atoms with E-state index >= 15 is 0 Å². The van der Waals surface area contributed by atoms with Gasteiger partial charge in [0.05, 0.1) is 11.5 Å². The lowest BCUT2D eigenvalue weighted by Crippen LogP contribution is -2.31. The first-order valence-corrected chi connectivity index (χ1v) is 11.4. The van der Waals surface area contributed by atoms with Gasteiger partial charge in [-0.15, -0.1) is 11.8 Å². The number of carbonyl (C=O) groups excluding carboxylic acids is 1. The van der Waals surface area contributed by atoms with Gasteiger partial charge < -0.3 is 5.32 Å². The molecule has 0 saturated heterocycles. The molecule has 5 nitrogen and oxygen atoms in total. The SMILES string of the molecule is Cc1ccccc1SCC(=O)NCc1ccc(CS(=O)(=O)NC(C)C)cc1. The Morgan fingerprint density at radius 2 is 1.67 bits per heavy atom. The fraction of sp³-hybridized carbons (Fsp3) is 0.350. The van der Waals surface area contributed by atoms with Gasteiger partial charge in [-0.05, 0) is 43.5 Å². The fourth-order valence-electron chi connectivity index (χ4n) is 2.49. The number of aryl methyl sites for hydroxylation is 1. The van der Waals surface area contributed by atoms with Crippen LogP contribution < -0.4 is 10.0 Å². The third kappa shape index (κ3) is 7.74. The normalized spacial score (nSPS) is 11.6. The van der Waals surface area contributed by atoms with Gasteiger partial charge in [-0.25, -0.2) is 13.1 Å². The van der Waals surface area contributed by atoms with E-state index in [0.717, 1.165) is 16.0 Å². The van der Waals surface area contributed by atoms with Gasteiger partial charge in [0.25, 0.3) is 0 Å². The van der Waals surface area contributed by atoms with Crippen LogP contribution in [0.2, 0.25) is 0 Å². The van der Waals surface area contributed by atoms with Gasteiger partial charge in [0.15, 0.2) is 0 Å². The van der Waals surface area contributed by atoms with Crippen LogP contribution in [0.3, 0.4) is 0 Å². The summed E-state index contributed by atoms with van der Waals surface area (Å²) in [6.45, 7) is 6.03. The number of rotatable bonds is 9. The van der Waals surface area contributed by atoms with Gasteiger partial charge in [-0.1, -0.05) is 42.5 Å². The van der Waals surface area contributed by atoms with Crippen LogP contribution in [0.4, 0.5) is 0 Å². The molecule has 2 N–H and O–H groups in total. The summed E-state index contributed by atoms with van der Waals surface area (Å²) in [5.41, 5.74) is 2.81. The van der Waals surface area contributed by atoms with E-state index in [-0.39, 0.29) is 17.7 Å². The third-order valence-corrected chi connectivity index (χ3v) is 6.46. The maximum Gasteiger partial charge on any atom is 0.230 e. The van der Waals surface area contributed by atoms with E-state index in [1.54, 1.807) is 26.0 Å². The molecule has 0 saturated carbocycles. The minimum Gasteiger partial charge on any atom is -0.351 e. The van der Waals surface area contributed by atoms with Crippen LogP contribution in [0.25, 0.3) is 0 Å². The molecule has 0 fully saturated rings. The second-order valence-electron chi connectivity index (χ2n) is 6.68. The molecule has 7 heteroatoms. The van der Waals surface area contributed by atoms with E-state index in [1.807, 2.05) is 43.3 Å². The quantitative estimate of drug-likeness (QED) is 0.627. The number of nitrogens with one attached hydrogen (secondary N) is 2. The molecule has 0 spiro atoms. The Morgan fingerprint density at radius 1 is 1.04 bits per heavy atom. The lowest BCUT2D eigenvalue weighted by atomic mass is 10.1. The molecule has 146 valence electrons. The molecule has 0 aliphatic heterocycles. The van der Waals surface area contributed by atoms with E-state index < -0.39 is 10.0 Å². The van der Waals surface area contributed by atoms with Crippen molar-refractivity contribution in [1.82, 2.24) is 10.0 Å². The van der Waals surface area contributed by atoms with Crippen molar-refractivity contribution < 1.29 is 13.2 Å². The van der Waals surface area contributed by atoms with Crippen LogP contribution in [0.1, 0.15) is 30.5 Å². The monoisotopic (exact) mass is 406 g/mol. The Hall–Kier alpha value is -1.83. The summed E-state index contributed by atoms with van der Waals surface area (Å²) < 4.78 is 26.5. The Kier molecular flexibility index (Phi) is 7.89. The summed E-state index contributed by atoms with van der Waals surface area (Å²) in [6, 6.07) is 15.1. The van der Waals surface area contributed by atoms with Crippen LogP contribution in [0.15, 0.2) is 53.4 Å². The van der Waals surface area contributed by atoms with Crippen LogP contribution in [0, 0.1) is 6.92 Å². The van der Waals surface area contributed by atoms with E-state index in [1.165, 1.54) is 11.8 Å². The molecular weight excluding hydrogens is 380 g/mol. The number of carbonyl (C=O) groups is 1. The highest BCUT2D eigenvalue weighted by Crippen LogP contribution is 2.21. The predicted octanol–water partition coefficient (Wildman–Crippen LogP) is 3.23. The molecule has 0 heterocycles. The Balaban J connectivity index is 1.81. The molecular formula is C20H26N2O3S2. The van der Waals surface area contributed by atoms with Crippen molar-refractivity contribution in [2.75, 3.05) is 5.75 Å². The summed E-state index contributed by atoms with van der Waals surface area (Å²) in [7, 11) is -3.33. The van der Waals surface area contributed by atoms with Crippen molar-refractivity contribution in [3.05, 3.63) is 65.2 Å². The van der Waals surface area contributed by atoms with Gasteiger partial charge in [-0.3, -0.25) is 4.79 Å². The van der Waals surface area contributed by atoms with E-state index in [9.17, 15) is 13.2 Å². The molecule has 2 aromatic carbocycles. The highest BCUT2D eigenvalue weighted by atomic mass is 32.2. The summed E-state index contributed by atoms with van der Waals surface area (Å²) >= 11 is 1.52. The topological polar surface area (TPSA) is 75.3 Å². The lowest BCUT2D eigenvalue weighted by Gasteiger charge is -2.10. The molecule has 0 aliphatic rings. The van der Waals surface area contributed by atoms with Gasteiger partial charge in [-0.2, -0.15) is 0 Å². The summed E-state index contributed by atoms with van der Waals surface area (Å²) in [4.78, 5) is 13.1. The number of thioether (sulfide) groups is 1. The highest BCUT2D eigenvalue weighted by molar-refractivity contribution is 8.00. The van der Waals surface area contributed by atoms with Crippen molar-refractivity contribution in [3.8, 4) is 0 Å².